The molecule has 17 heavy (non-hydrogen) atoms. The number of benzene rings is 1. The first-order valence-corrected chi connectivity index (χ1v) is 5.42. The van der Waals surface area contributed by atoms with Crippen LogP contribution in [0, 0.1) is 6.92 Å². The number of anilines is 1. The Hall–Kier alpha value is -2.36. The second kappa shape index (κ2) is 3.59. The van der Waals surface area contributed by atoms with Crippen LogP contribution >= 0.6 is 0 Å². The number of rotatable bonds is 1. The Balaban J connectivity index is 2.38. The highest BCUT2D eigenvalue weighted by Gasteiger charge is 2.12. The van der Waals surface area contributed by atoms with E-state index in [1.165, 1.54) is 0 Å². The summed E-state index contributed by atoms with van der Waals surface area (Å²) in [7, 11) is 0. The van der Waals surface area contributed by atoms with Crippen LogP contribution in [0.25, 0.3) is 16.8 Å². The molecule has 0 unspecified atom stereocenters. The third-order valence-corrected chi connectivity index (χ3v) is 2.81. The van der Waals surface area contributed by atoms with Crippen LogP contribution in [0.5, 0.6) is 0 Å². The molecule has 3 aromatic rings. The zero-order valence-corrected chi connectivity index (χ0v) is 9.46. The first-order chi connectivity index (χ1) is 8.27. The number of nitrogens with zero attached hydrogens (tertiary/aromatic N) is 3. The van der Waals surface area contributed by atoms with E-state index in [1.54, 1.807) is 6.20 Å². The average Bonchev–Trinajstić information content (AvgIpc) is 2.70. The van der Waals surface area contributed by atoms with Gasteiger partial charge in [-0.2, -0.15) is 0 Å². The number of aryl methyl sites for hydroxylation is 1. The lowest BCUT2D eigenvalue weighted by atomic mass is 10.1. The van der Waals surface area contributed by atoms with E-state index in [0.29, 0.717) is 5.82 Å². The SMILES string of the molecule is Cc1nc(-c2ccccc2)c2c(N)nccn12. The van der Waals surface area contributed by atoms with Crippen molar-refractivity contribution in [3.8, 4) is 11.3 Å². The molecule has 0 atom stereocenters. The molecule has 4 nitrogen and oxygen atoms in total. The van der Waals surface area contributed by atoms with Gasteiger partial charge in [0.05, 0.1) is 0 Å². The lowest BCUT2D eigenvalue weighted by Crippen LogP contribution is -1.96. The molecule has 0 bridgehead atoms. The van der Waals surface area contributed by atoms with E-state index in [0.717, 1.165) is 22.6 Å². The molecule has 0 saturated carbocycles. The fraction of sp³-hybridized carbons (Fsp3) is 0.0769. The Labute approximate surface area is 98.8 Å². The summed E-state index contributed by atoms with van der Waals surface area (Å²) < 4.78 is 1.96. The van der Waals surface area contributed by atoms with Gasteiger partial charge in [-0.25, -0.2) is 9.97 Å². The highest BCUT2D eigenvalue weighted by molar-refractivity contribution is 5.85. The van der Waals surface area contributed by atoms with Crippen LogP contribution in [0.4, 0.5) is 5.82 Å². The molecule has 0 fully saturated rings. The molecular weight excluding hydrogens is 212 g/mol. The van der Waals surface area contributed by atoms with E-state index in [1.807, 2.05) is 47.9 Å². The summed E-state index contributed by atoms with van der Waals surface area (Å²) >= 11 is 0. The smallest absolute Gasteiger partial charge is 0.150 e. The van der Waals surface area contributed by atoms with Gasteiger partial charge >= 0.3 is 0 Å². The van der Waals surface area contributed by atoms with Crippen molar-refractivity contribution in [2.75, 3.05) is 5.73 Å². The third-order valence-electron chi connectivity index (χ3n) is 2.81. The van der Waals surface area contributed by atoms with Gasteiger partial charge in [0.15, 0.2) is 0 Å². The maximum atomic E-state index is 5.94. The van der Waals surface area contributed by atoms with Gasteiger partial charge in [0.25, 0.3) is 0 Å². The lowest BCUT2D eigenvalue weighted by molar-refractivity contribution is 1.03. The van der Waals surface area contributed by atoms with Gasteiger partial charge in [0, 0.05) is 18.0 Å². The molecule has 3 rings (SSSR count). The summed E-state index contributed by atoms with van der Waals surface area (Å²) in [6, 6.07) is 10.0. The Morgan fingerprint density at radius 1 is 1.18 bits per heavy atom. The predicted octanol–water partition coefficient (Wildman–Crippen LogP) is 2.29. The standard InChI is InChI=1S/C13H12N4/c1-9-16-11(10-5-3-2-4-6-10)12-13(14)15-7-8-17(9)12/h2-8H,1H3,(H2,14,15). The lowest BCUT2D eigenvalue weighted by Gasteiger charge is -2.01. The topological polar surface area (TPSA) is 56.2 Å². The van der Waals surface area contributed by atoms with Crippen molar-refractivity contribution in [1.82, 2.24) is 14.4 Å². The molecule has 0 saturated heterocycles. The van der Waals surface area contributed by atoms with Crippen LogP contribution in [0.15, 0.2) is 42.7 Å². The van der Waals surface area contributed by atoms with E-state index in [4.69, 9.17) is 5.73 Å². The summed E-state index contributed by atoms with van der Waals surface area (Å²) in [5, 5.41) is 0. The Morgan fingerprint density at radius 2 is 1.94 bits per heavy atom. The number of imidazole rings is 1. The molecule has 0 aliphatic heterocycles. The zero-order valence-electron chi connectivity index (χ0n) is 9.46. The van der Waals surface area contributed by atoms with Crippen LogP contribution in [0.1, 0.15) is 5.82 Å². The molecule has 2 aromatic heterocycles. The van der Waals surface area contributed by atoms with Crippen molar-refractivity contribution in [3.63, 3.8) is 0 Å². The molecular formula is C13H12N4. The van der Waals surface area contributed by atoms with Crippen molar-refractivity contribution in [2.24, 2.45) is 0 Å². The second-order valence-electron chi connectivity index (χ2n) is 3.90. The molecule has 84 valence electrons. The summed E-state index contributed by atoms with van der Waals surface area (Å²) in [5.74, 6) is 1.42. The Morgan fingerprint density at radius 3 is 2.71 bits per heavy atom. The van der Waals surface area contributed by atoms with Gasteiger partial charge in [-0.15, -0.1) is 0 Å². The predicted molar refractivity (Wildman–Crippen MR) is 67.6 cm³/mol. The number of fused-ring (bicyclic) bond motifs is 1. The van der Waals surface area contributed by atoms with Crippen LogP contribution in [0.3, 0.4) is 0 Å². The number of nitrogen functional groups attached to an aromatic ring is 1. The zero-order chi connectivity index (χ0) is 11.8. The minimum Gasteiger partial charge on any atom is -0.382 e. The Kier molecular flexibility index (Phi) is 2.08. The van der Waals surface area contributed by atoms with Gasteiger partial charge < -0.3 is 5.73 Å². The minimum absolute atomic E-state index is 0.506. The van der Waals surface area contributed by atoms with Crippen molar-refractivity contribution in [2.45, 2.75) is 6.92 Å². The largest absolute Gasteiger partial charge is 0.382 e. The summed E-state index contributed by atoms with van der Waals surface area (Å²) in [6.45, 7) is 1.96. The quantitative estimate of drug-likeness (QED) is 0.690. The molecule has 0 radical (unpaired) electrons. The van der Waals surface area contributed by atoms with Crippen molar-refractivity contribution in [1.29, 1.82) is 0 Å². The third kappa shape index (κ3) is 1.45. The van der Waals surface area contributed by atoms with Gasteiger partial charge in [0.1, 0.15) is 22.9 Å². The summed E-state index contributed by atoms with van der Waals surface area (Å²) in [4.78, 5) is 8.69. The number of aromatic nitrogens is 3. The van der Waals surface area contributed by atoms with Crippen molar-refractivity contribution < 1.29 is 0 Å². The maximum absolute atomic E-state index is 5.94. The van der Waals surface area contributed by atoms with Crippen molar-refractivity contribution >= 4 is 11.3 Å². The monoisotopic (exact) mass is 224 g/mol. The van der Waals surface area contributed by atoms with E-state index in [2.05, 4.69) is 9.97 Å². The molecule has 0 aliphatic rings. The maximum Gasteiger partial charge on any atom is 0.150 e. The summed E-state index contributed by atoms with van der Waals surface area (Å²) in [5.41, 5.74) is 8.74. The van der Waals surface area contributed by atoms with E-state index in [9.17, 15) is 0 Å². The van der Waals surface area contributed by atoms with Crippen LogP contribution in [-0.4, -0.2) is 14.4 Å². The molecule has 0 amide bonds. The average molecular weight is 224 g/mol. The van der Waals surface area contributed by atoms with Crippen LogP contribution in [-0.2, 0) is 0 Å². The van der Waals surface area contributed by atoms with Gasteiger partial charge in [-0.05, 0) is 6.92 Å². The first kappa shape index (κ1) is 9.84. The van der Waals surface area contributed by atoms with E-state index >= 15 is 0 Å². The van der Waals surface area contributed by atoms with E-state index in [-0.39, 0.29) is 0 Å². The van der Waals surface area contributed by atoms with Crippen molar-refractivity contribution in [3.05, 3.63) is 48.5 Å². The highest BCUT2D eigenvalue weighted by Crippen LogP contribution is 2.27. The van der Waals surface area contributed by atoms with Crippen LogP contribution in [0.2, 0.25) is 0 Å². The second-order valence-corrected chi connectivity index (χ2v) is 3.90. The summed E-state index contributed by atoms with van der Waals surface area (Å²) in [6.07, 6.45) is 3.56. The minimum atomic E-state index is 0.506. The molecule has 0 spiro atoms. The fourth-order valence-corrected chi connectivity index (χ4v) is 2.01. The molecule has 2 N–H and O–H groups in total. The van der Waals surface area contributed by atoms with E-state index < -0.39 is 0 Å². The van der Waals surface area contributed by atoms with Gasteiger partial charge in [0.2, 0.25) is 0 Å². The Bertz CT molecular complexity index is 670. The molecule has 1 aromatic carbocycles. The number of hydrogen-bond donors (Lipinski definition) is 1. The molecule has 2 heterocycles. The normalized spacial score (nSPS) is 10.9. The number of nitrogens with two attached hydrogens (primary N) is 1. The highest BCUT2D eigenvalue weighted by atomic mass is 15.1. The molecule has 0 aliphatic carbocycles. The molecule has 4 heteroatoms. The number of hydrogen-bond acceptors (Lipinski definition) is 3. The first-order valence-electron chi connectivity index (χ1n) is 5.42. The van der Waals surface area contributed by atoms with Gasteiger partial charge in [-0.1, -0.05) is 30.3 Å². The van der Waals surface area contributed by atoms with Gasteiger partial charge in [-0.3, -0.25) is 4.40 Å². The fourth-order valence-electron chi connectivity index (χ4n) is 2.01. The van der Waals surface area contributed by atoms with Crippen LogP contribution < -0.4 is 5.73 Å².